The average molecular weight is 494 g/mol. The summed E-state index contributed by atoms with van der Waals surface area (Å²) in [5, 5.41) is 12.2. The lowest BCUT2D eigenvalue weighted by Gasteiger charge is -2.10. The van der Waals surface area contributed by atoms with Gasteiger partial charge in [-0.2, -0.15) is 5.10 Å². The van der Waals surface area contributed by atoms with Gasteiger partial charge >= 0.3 is 0 Å². The summed E-state index contributed by atoms with van der Waals surface area (Å²) in [4.78, 5) is 11.5. The first kappa shape index (κ1) is 24.0. The van der Waals surface area contributed by atoms with Crippen LogP contribution in [-0.4, -0.2) is 45.7 Å². The molecule has 0 saturated heterocycles. The van der Waals surface area contributed by atoms with Crippen molar-refractivity contribution in [2.24, 2.45) is 0 Å². The number of rotatable bonds is 9. The normalized spacial score (nSPS) is 12.8. The number of hydrogen-bond acceptors (Lipinski definition) is 4. The Bertz CT molecular complexity index is 1560. The molecule has 6 heteroatoms. The second kappa shape index (κ2) is 10.5. The maximum Gasteiger partial charge on any atom is 0.138 e. The van der Waals surface area contributed by atoms with Gasteiger partial charge in [0.25, 0.3) is 0 Å². The number of aromatic amines is 2. The van der Waals surface area contributed by atoms with Crippen molar-refractivity contribution in [2.45, 2.75) is 19.8 Å². The van der Waals surface area contributed by atoms with Crippen molar-refractivity contribution in [3.05, 3.63) is 90.0 Å². The van der Waals surface area contributed by atoms with Crippen molar-refractivity contribution in [1.82, 2.24) is 25.1 Å². The monoisotopic (exact) mass is 493 g/mol. The molecule has 0 aliphatic carbocycles. The van der Waals surface area contributed by atoms with Crippen LogP contribution in [-0.2, 0) is 0 Å². The van der Waals surface area contributed by atoms with E-state index >= 15 is 0 Å². The third kappa shape index (κ3) is 4.83. The van der Waals surface area contributed by atoms with Crippen molar-refractivity contribution in [1.29, 1.82) is 0 Å². The lowest BCUT2D eigenvalue weighted by atomic mass is 9.98. The Morgan fingerprint density at radius 2 is 2.03 bits per heavy atom. The molecule has 2 N–H and O–H groups in total. The van der Waals surface area contributed by atoms with Crippen molar-refractivity contribution in [3.8, 4) is 21.8 Å². The van der Waals surface area contributed by atoms with Gasteiger partial charge in [0, 0.05) is 27.4 Å². The predicted octanol–water partition coefficient (Wildman–Crippen LogP) is 7.69. The first-order valence-corrected chi connectivity index (χ1v) is 13.1. The molecule has 1 aromatic carbocycles. The van der Waals surface area contributed by atoms with E-state index in [4.69, 9.17) is 0 Å². The summed E-state index contributed by atoms with van der Waals surface area (Å²) in [6.07, 6.45) is 10.4. The highest BCUT2D eigenvalue weighted by molar-refractivity contribution is 7.13. The number of fused-ring (bicyclic) bond motifs is 2. The van der Waals surface area contributed by atoms with E-state index in [9.17, 15) is 0 Å². The number of hydrogen-bond donors (Lipinski definition) is 2. The topological polar surface area (TPSA) is 60.6 Å². The number of H-pyrrole nitrogens is 2. The van der Waals surface area contributed by atoms with Crippen molar-refractivity contribution in [2.75, 3.05) is 20.6 Å². The Morgan fingerprint density at radius 1 is 1.14 bits per heavy atom. The zero-order valence-electron chi connectivity index (χ0n) is 21.0. The highest BCUT2D eigenvalue weighted by atomic mass is 32.1. The number of thiophene rings is 1. The van der Waals surface area contributed by atoms with E-state index in [2.05, 4.69) is 113 Å². The van der Waals surface area contributed by atoms with E-state index in [-0.39, 0.29) is 0 Å². The zero-order chi connectivity index (χ0) is 25.1. The molecule has 0 aliphatic rings. The molecule has 36 heavy (non-hydrogen) atoms. The zero-order valence-corrected chi connectivity index (χ0v) is 21.8. The van der Waals surface area contributed by atoms with Gasteiger partial charge in [0.05, 0.1) is 11.2 Å². The lowest BCUT2D eigenvalue weighted by Crippen LogP contribution is -2.12. The molecule has 5 rings (SSSR count). The second-order valence-corrected chi connectivity index (χ2v) is 10.1. The average Bonchev–Trinajstić information content (AvgIpc) is 3.64. The molecular weight excluding hydrogens is 462 g/mol. The Balaban J connectivity index is 1.52. The van der Waals surface area contributed by atoms with Gasteiger partial charge in [-0.3, -0.25) is 5.10 Å². The molecule has 0 spiro atoms. The van der Waals surface area contributed by atoms with Crippen LogP contribution in [0.15, 0.2) is 84.4 Å². The standard InChI is InChI=1S/C30H31N5S/c1-5-20(9-7-15-35(3)4)17-21(6-2)22-11-12-26-25(18-22)29(34-33-26)27-19-24-23(28-10-8-16-36-28)13-14-31-30(24)32-27/h5-6,8,10-14,16-19H,1,7,9,15H2,2-4H3,(H,31,32)(H,33,34)/b20-17+,21-6+. The van der Waals surface area contributed by atoms with Crippen molar-refractivity contribution >= 4 is 38.8 Å². The van der Waals surface area contributed by atoms with Gasteiger partial charge in [0.1, 0.15) is 11.3 Å². The summed E-state index contributed by atoms with van der Waals surface area (Å²) in [5.74, 6) is 0. The largest absolute Gasteiger partial charge is 0.338 e. The van der Waals surface area contributed by atoms with Gasteiger partial charge in [-0.1, -0.05) is 36.9 Å². The van der Waals surface area contributed by atoms with Crippen molar-refractivity contribution < 1.29 is 0 Å². The first-order valence-electron chi connectivity index (χ1n) is 12.2. The van der Waals surface area contributed by atoms with E-state index in [0.29, 0.717) is 0 Å². The molecule has 5 nitrogen and oxygen atoms in total. The fourth-order valence-corrected chi connectivity index (χ4v) is 5.33. The van der Waals surface area contributed by atoms with E-state index in [1.54, 1.807) is 11.3 Å². The maximum atomic E-state index is 4.68. The molecule has 0 atom stereocenters. The second-order valence-electron chi connectivity index (χ2n) is 9.19. The van der Waals surface area contributed by atoms with Crippen LogP contribution in [0.1, 0.15) is 25.3 Å². The summed E-state index contributed by atoms with van der Waals surface area (Å²) in [5.41, 5.74) is 8.51. The first-order chi connectivity index (χ1) is 17.6. The van der Waals surface area contributed by atoms with Gasteiger partial charge in [-0.25, -0.2) is 4.98 Å². The van der Waals surface area contributed by atoms with E-state index in [1.165, 1.54) is 21.6 Å². The molecular formula is C30H31N5S. The molecule has 4 aromatic heterocycles. The molecule has 0 aliphatic heterocycles. The van der Waals surface area contributed by atoms with E-state index in [0.717, 1.165) is 58.3 Å². The SMILES string of the molecule is C=C/C(=C\C(=C/C)c1ccc2[nH]nc(-c3cc4c(-c5cccs5)ccnc4[nH]3)c2c1)CCCN(C)C. The number of allylic oxidation sites excluding steroid dienone is 5. The van der Waals surface area contributed by atoms with Crippen LogP contribution in [0, 0.1) is 0 Å². The number of nitrogens with zero attached hydrogens (tertiary/aromatic N) is 3. The van der Waals surface area contributed by atoms with Gasteiger partial charge in [-0.05, 0) is 92.8 Å². The quantitative estimate of drug-likeness (QED) is 0.207. The summed E-state index contributed by atoms with van der Waals surface area (Å²) in [6, 6.07) is 14.9. The number of aromatic nitrogens is 4. The van der Waals surface area contributed by atoms with E-state index < -0.39 is 0 Å². The summed E-state index contributed by atoms with van der Waals surface area (Å²) in [7, 11) is 4.22. The van der Waals surface area contributed by atoms with Crippen LogP contribution in [0.4, 0.5) is 0 Å². The molecule has 0 unspecified atom stereocenters. The predicted molar refractivity (Wildman–Crippen MR) is 154 cm³/mol. The minimum atomic E-state index is 0.869. The third-order valence-electron chi connectivity index (χ3n) is 6.45. The minimum Gasteiger partial charge on any atom is -0.338 e. The van der Waals surface area contributed by atoms with Gasteiger partial charge in [-0.15, -0.1) is 11.3 Å². The minimum absolute atomic E-state index is 0.869. The number of benzene rings is 1. The Morgan fingerprint density at radius 3 is 2.78 bits per heavy atom. The van der Waals surface area contributed by atoms with E-state index in [1.807, 2.05) is 12.3 Å². The van der Waals surface area contributed by atoms with Gasteiger partial charge in [0.2, 0.25) is 0 Å². The van der Waals surface area contributed by atoms with Crippen LogP contribution >= 0.6 is 11.3 Å². The Labute approximate surface area is 215 Å². The molecule has 5 aromatic rings. The number of nitrogens with one attached hydrogen (secondary N) is 2. The molecule has 182 valence electrons. The summed E-state index contributed by atoms with van der Waals surface area (Å²) in [6.45, 7) is 7.20. The summed E-state index contributed by atoms with van der Waals surface area (Å²) < 4.78 is 0. The van der Waals surface area contributed by atoms with Crippen LogP contribution < -0.4 is 0 Å². The van der Waals surface area contributed by atoms with Crippen LogP contribution in [0.5, 0.6) is 0 Å². The van der Waals surface area contributed by atoms with Gasteiger partial charge in [0.15, 0.2) is 0 Å². The fraction of sp³-hybridized carbons (Fsp3) is 0.200. The van der Waals surface area contributed by atoms with Gasteiger partial charge < -0.3 is 9.88 Å². The smallest absolute Gasteiger partial charge is 0.138 e. The van der Waals surface area contributed by atoms with Crippen LogP contribution in [0.2, 0.25) is 0 Å². The van der Waals surface area contributed by atoms with Crippen LogP contribution in [0.3, 0.4) is 0 Å². The Kier molecular flexibility index (Phi) is 6.98. The highest BCUT2D eigenvalue weighted by Gasteiger charge is 2.15. The summed E-state index contributed by atoms with van der Waals surface area (Å²) >= 11 is 1.74. The molecule has 0 bridgehead atoms. The molecule has 0 amide bonds. The highest BCUT2D eigenvalue weighted by Crippen LogP contribution is 2.35. The molecule has 0 saturated carbocycles. The molecule has 4 heterocycles. The lowest BCUT2D eigenvalue weighted by molar-refractivity contribution is 0.400. The molecule has 0 fully saturated rings. The Hall–Kier alpha value is -3.74. The third-order valence-corrected chi connectivity index (χ3v) is 7.36. The van der Waals surface area contributed by atoms with Crippen LogP contribution in [0.25, 0.3) is 49.3 Å². The van der Waals surface area contributed by atoms with Crippen molar-refractivity contribution in [3.63, 3.8) is 0 Å². The fourth-order valence-electron chi connectivity index (χ4n) is 4.57. The maximum absolute atomic E-state index is 4.68. The number of pyridine rings is 1. The molecule has 0 radical (unpaired) electrons.